The third-order valence-electron chi connectivity index (χ3n) is 5.11. The fraction of sp³-hybridized carbons (Fsp3) is 0.636. The first-order valence-corrected chi connectivity index (χ1v) is 9.90. The SMILES string of the molecule is CCN(c1cc(C)cc(C(C)=O)c1C)C1CCN(C(=O)OC(C)(C)C)CC1. The number of carbonyl (C=O) groups excluding carboxylic acids is 2. The van der Waals surface area contributed by atoms with Crippen molar-refractivity contribution in [3.8, 4) is 0 Å². The zero-order valence-corrected chi connectivity index (χ0v) is 17.9. The number of anilines is 1. The minimum Gasteiger partial charge on any atom is -0.444 e. The number of benzene rings is 1. The maximum absolute atomic E-state index is 12.3. The summed E-state index contributed by atoms with van der Waals surface area (Å²) in [6.07, 6.45) is 1.57. The topological polar surface area (TPSA) is 49.9 Å². The second-order valence-corrected chi connectivity index (χ2v) is 8.50. The number of aryl methyl sites for hydroxylation is 1. The minimum atomic E-state index is -0.467. The molecule has 0 bridgehead atoms. The van der Waals surface area contributed by atoms with Crippen LogP contribution < -0.4 is 4.90 Å². The molecule has 5 nitrogen and oxygen atoms in total. The molecule has 1 fully saturated rings. The maximum Gasteiger partial charge on any atom is 0.410 e. The molecule has 2 rings (SSSR count). The van der Waals surface area contributed by atoms with Crippen molar-refractivity contribution in [3.05, 3.63) is 28.8 Å². The molecule has 0 aliphatic carbocycles. The molecule has 1 aromatic rings. The van der Waals surface area contributed by atoms with Crippen LogP contribution in [0.15, 0.2) is 12.1 Å². The number of hydrogen-bond donors (Lipinski definition) is 0. The molecule has 1 aliphatic rings. The molecule has 0 unspecified atom stereocenters. The van der Waals surface area contributed by atoms with Crippen molar-refractivity contribution in [3.63, 3.8) is 0 Å². The van der Waals surface area contributed by atoms with E-state index in [0.717, 1.165) is 41.8 Å². The summed E-state index contributed by atoms with van der Waals surface area (Å²) in [5.41, 5.74) is 3.62. The Morgan fingerprint density at radius 2 is 1.78 bits per heavy atom. The Balaban J connectivity index is 2.15. The van der Waals surface area contributed by atoms with E-state index in [9.17, 15) is 9.59 Å². The van der Waals surface area contributed by atoms with Gasteiger partial charge in [0, 0.05) is 36.9 Å². The van der Waals surface area contributed by atoms with Gasteiger partial charge in [0.05, 0.1) is 0 Å². The van der Waals surface area contributed by atoms with Gasteiger partial charge in [0.25, 0.3) is 0 Å². The van der Waals surface area contributed by atoms with Crippen LogP contribution in [0.1, 0.15) is 68.9 Å². The lowest BCUT2D eigenvalue weighted by atomic mass is 9.96. The largest absolute Gasteiger partial charge is 0.444 e. The molecule has 0 N–H and O–H groups in total. The summed E-state index contributed by atoms with van der Waals surface area (Å²) in [5, 5.41) is 0. The van der Waals surface area contributed by atoms with Crippen LogP contribution in [-0.4, -0.2) is 48.1 Å². The van der Waals surface area contributed by atoms with Gasteiger partial charge in [-0.25, -0.2) is 4.79 Å². The predicted molar refractivity (Wildman–Crippen MR) is 110 cm³/mol. The van der Waals surface area contributed by atoms with Crippen LogP contribution in [0.25, 0.3) is 0 Å². The average molecular weight is 375 g/mol. The van der Waals surface area contributed by atoms with Crippen molar-refractivity contribution >= 4 is 17.6 Å². The second kappa shape index (κ2) is 8.32. The molecule has 27 heavy (non-hydrogen) atoms. The predicted octanol–water partition coefficient (Wildman–Crippen LogP) is 4.73. The molecular formula is C22H34N2O3. The van der Waals surface area contributed by atoms with Crippen molar-refractivity contribution in [1.82, 2.24) is 4.90 Å². The standard InChI is InChI=1S/C22H34N2O3/c1-8-24(20-14-15(2)13-19(16(20)3)17(4)25)18-9-11-23(12-10-18)21(26)27-22(5,6)7/h13-14,18H,8-12H2,1-7H3. The average Bonchev–Trinajstić information content (AvgIpc) is 2.57. The van der Waals surface area contributed by atoms with Crippen molar-refractivity contribution in [2.24, 2.45) is 0 Å². The zero-order chi connectivity index (χ0) is 20.4. The number of carbonyl (C=O) groups is 2. The van der Waals surface area contributed by atoms with Gasteiger partial charge in [0.1, 0.15) is 5.60 Å². The summed E-state index contributed by atoms with van der Waals surface area (Å²) < 4.78 is 5.50. The summed E-state index contributed by atoms with van der Waals surface area (Å²) in [4.78, 5) is 28.5. The fourth-order valence-corrected chi connectivity index (χ4v) is 3.82. The van der Waals surface area contributed by atoms with E-state index < -0.39 is 5.60 Å². The lowest BCUT2D eigenvalue weighted by Gasteiger charge is -2.40. The highest BCUT2D eigenvalue weighted by atomic mass is 16.6. The van der Waals surface area contributed by atoms with Gasteiger partial charge in [-0.1, -0.05) is 0 Å². The molecular weight excluding hydrogens is 340 g/mol. The number of ether oxygens (including phenoxy) is 1. The number of nitrogens with zero attached hydrogens (tertiary/aromatic N) is 2. The Morgan fingerprint density at radius 1 is 1.19 bits per heavy atom. The first kappa shape index (κ1) is 21.3. The van der Waals surface area contributed by atoms with Gasteiger partial charge in [-0.2, -0.15) is 0 Å². The number of ketones is 1. The fourth-order valence-electron chi connectivity index (χ4n) is 3.82. The lowest BCUT2D eigenvalue weighted by Crippen LogP contribution is -2.48. The molecule has 1 saturated heterocycles. The van der Waals surface area contributed by atoms with Crippen molar-refractivity contribution in [2.45, 2.75) is 73.0 Å². The zero-order valence-electron chi connectivity index (χ0n) is 17.9. The smallest absolute Gasteiger partial charge is 0.410 e. The Hall–Kier alpha value is -2.04. The van der Waals surface area contributed by atoms with Gasteiger partial charge in [0.15, 0.2) is 5.78 Å². The first-order chi connectivity index (χ1) is 12.5. The third kappa shape index (κ3) is 5.24. The van der Waals surface area contributed by atoms with Gasteiger partial charge in [-0.05, 0) is 84.6 Å². The summed E-state index contributed by atoms with van der Waals surface area (Å²) in [7, 11) is 0. The third-order valence-corrected chi connectivity index (χ3v) is 5.11. The molecule has 0 aromatic heterocycles. The minimum absolute atomic E-state index is 0.105. The Morgan fingerprint density at radius 3 is 2.26 bits per heavy atom. The van der Waals surface area contributed by atoms with Crippen LogP contribution in [0.4, 0.5) is 10.5 Å². The van der Waals surface area contributed by atoms with E-state index in [1.165, 1.54) is 0 Å². The van der Waals surface area contributed by atoms with Gasteiger partial charge in [0.2, 0.25) is 0 Å². The first-order valence-electron chi connectivity index (χ1n) is 9.90. The van der Waals surface area contributed by atoms with E-state index in [0.29, 0.717) is 19.1 Å². The molecule has 0 atom stereocenters. The van der Waals surface area contributed by atoms with E-state index in [1.807, 2.05) is 40.7 Å². The highest BCUT2D eigenvalue weighted by Gasteiger charge is 2.30. The van der Waals surface area contributed by atoms with Crippen molar-refractivity contribution < 1.29 is 14.3 Å². The highest BCUT2D eigenvalue weighted by Crippen LogP contribution is 2.30. The molecule has 5 heteroatoms. The van der Waals surface area contributed by atoms with Gasteiger partial charge in [-0.3, -0.25) is 4.79 Å². The van der Waals surface area contributed by atoms with Crippen LogP contribution in [0.3, 0.4) is 0 Å². The molecule has 1 aliphatic heterocycles. The van der Waals surface area contributed by atoms with E-state index >= 15 is 0 Å². The number of amides is 1. The highest BCUT2D eigenvalue weighted by molar-refractivity contribution is 5.97. The number of Topliss-reactive ketones (excluding diaryl/α,β-unsaturated/α-hetero) is 1. The van der Waals surface area contributed by atoms with Gasteiger partial charge >= 0.3 is 6.09 Å². The molecule has 0 spiro atoms. The Bertz CT molecular complexity index is 698. The molecule has 150 valence electrons. The maximum atomic E-state index is 12.3. The van der Waals surface area contributed by atoms with Gasteiger partial charge in [-0.15, -0.1) is 0 Å². The quantitative estimate of drug-likeness (QED) is 0.715. The lowest BCUT2D eigenvalue weighted by molar-refractivity contribution is 0.0204. The summed E-state index contributed by atoms with van der Waals surface area (Å²) in [6.45, 7) is 15.8. The number of hydrogen-bond acceptors (Lipinski definition) is 4. The van der Waals surface area contributed by atoms with Crippen LogP contribution >= 0.6 is 0 Å². The van der Waals surface area contributed by atoms with Gasteiger partial charge < -0.3 is 14.5 Å². The Labute approximate surface area is 163 Å². The van der Waals surface area contributed by atoms with E-state index in [1.54, 1.807) is 11.8 Å². The molecule has 0 saturated carbocycles. The monoisotopic (exact) mass is 374 g/mol. The summed E-state index contributed by atoms with van der Waals surface area (Å²) in [6, 6.07) is 4.50. The second-order valence-electron chi connectivity index (χ2n) is 8.50. The van der Waals surface area contributed by atoms with Crippen LogP contribution in [0, 0.1) is 13.8 Å². The van der Waals surface area contributed by atoms with Crippen LogP contribution in [-0.2, 0) is 4.74 Å². The summed E-state index contributed by atoms with van der Waals surface area (Å²) in [5.74, 6) is 0.105. The van der Waals surface area contributed by atoms with Crippen LogP contribution in [0.2, 0.25) is 0 Å². The van der Waals surface area contributed by atoms with E-state index in [-0.39, 0.29) is 11.9 Å². The molecule has 1 heterocycles. The normalized spacial score (nSPS) is 15.6. The van der Waals surface area contributed by atoms with Crippen molar-refractivity contribution in [1.29, 1.82) is 0 Å². The van der Waals surface area contributed by atoms with Crippen molar-refractivity contribution in [2.75, 3.05) is 24.5 Å². The Kier molecular flexibility index (Phi) is 6.55. The number of rotatable bonds is 4. The van der Waals surface area contributed by atoms with E-state index in [4.69, 9.17) is 4.74 Å². The number of piperidine rings is 1. The summed E-state index contributed by atoms with van der Waals surface area (Å²) >= 11 is 0. The molecule has 1 aromatic carbocycles. The van der Waals surface area contributed by atoms with E-state index in [2.05, 4.69) is 17.9 Å². The molecule has 1 amide bonds. The number of likely N-dealkylation sites (tertiary alicyclic amines) is 1. The molecule has 0 radical (unpaired) electrons. The van der Waals surface area contributed by atoms with Crippen LogP contribution in [0.5, 0.6) is 0 Å².